The fourth-order valence-electron chi connectivity index (χ4n) is 1.31. The van der Waals surface area contributed by atoms with Gasteiger partial charge in [-0.15, -0.1) is 0 Å². The van der Waals surface area contributed by atoms with E-state index >= 15 is 0 Å². The zero-order valence-electron chi connectivity index (χ0n) is 8.96. The molecule has 0 fully saturated rings. The zero-order valence-corrected chi connectivity index (χ0v) is 8.96. The number of aliphatic hydroxyl groups is 1. The van der Waals surface area contributed by atoms with Crippen LogP contribution in [0, 0.1) is 0 Å². The van der Waals surface area contributed by atoms with E-state index in [0.717, 1.165) is 0 Å². The van der Waals surface area contributed by atoms with Gasteiger partial charge >= 0.3 is 5.97 Å². The first-order valence-electron chi connectivity index (χ1n) is 4.94. The molecule has 0 aliphatic carbocycles. The molecule has 4 N–H and O–H groups in total. The fraction of sp³-hybridized carbons (Fsp3) is 0.273. The number of aromatic hydroxyl groups is 1. The summed E-state index contributed by atoms with van der Waals surface area (Å²) in [5.41, 5.74) is 0.661. The second-order valence-corrected chi connectivity index (χ2v) is 3.49. The fourth-order valence-corrected chi connectivity index (χ4v) is 1.31. The normalized spacial score (nSPS) is 11.8. The molecule has 0 aromatic heterocycles. The van der Waals surface area contributed by atoms with Crippen LogP contribution in [0.4, 0.5) is 0 Å². The third kappa shape index (κ3) is 4.12. The predicted molar refractivity (Wildman–Crippen MR) is 58.5 cm³/mol. The Bertz CT molecular complexity index is 401. The minimum Gasteiger partial charge on any atom is -0.508 e. The number of carbonyl (C=O) groups excluding carboxylic acids is 1. The largest absolute Gasteiger partial charge is 0.508 e. The smallest absolute Gasteiger partial charge is 0.326 e. The molecule has 92 valence electrons. The maximum absolute atomic E-state index is 10.9. The van der Waals surface area contributed by atoms with E-state index in [0.29, 0.717) is 5.56 Å². The minimum atomic E-state index is -1.18. The van der Waals surface area contributed by atoms with Gasteiger partial charge < -0.3 is 20.6 Å². The molecule has 0 heterocycles. The summed E-state index contributed by atoms with van der Waals surface area (Å²) in [5, 5.41) is 28.7. The van der Waals surface area contributed by atoms with Crippen molar-refractivity contribution in [3.63, 3.8) is 0 Å². The molecule has 0 aliphatic heterocycles. The molecule has 6 nitrogen and oxygen atoms in total. The topological polar surface area (TPSA) is 107 Å². The van der Waals surface area contributed by atoms with Crippen LogP contribution in [0.25, 0.3) is 0 Å². The first kappa shape index (κ1) is 13.0. The number of carbonyl (C=O) groups is 2. The van der Waals surface area contributed by atoms with Crippen LogP contribution in [-0.2, 0) is 16.0 Å². The van der Waals surface area contributed by atoms with Crippen LogP contribution < -0.4 is 5.32 Å². The maximum atomic E-state index is 10.9. The van der Waals surface area contributed by atoms with Crippen molar-refractivity contribution in [3.8, 4) is 5.75 Å². The number of phenols is 1. The highest BCUT2D eigenvalue weighted by Crippen LogP contribution is 2.11. The molecule has 0 bridgehead atoms. The van der Waals surface area contributed by atoms with E-state index in [1.54, 1.807) is 12.1 Å². The van der Waals surface area contributed by atoms with Crippen LogP contribution in [0.1, 0.15) is 5.56 Å². The summed E-state index contributed by atoms with van der Waals surface area (Å²) >= 11 is 0. The Morgan fingerprint density at radius 1 is 1.24 bits per heavy atom. The summed E-state index contributed by atoms with van der Waals surface area (Å²) in [7, 11) is 0. The van der Waals surface area contributed by atoms with Crippen molar-refractivity contribution in [2.45, 2.75) is 12.5 Å². The molecule has 0 radical (unpaired) electrons. The highest BCUT2D eigenvalue weighted by Gasteiger charge is 2.19. The Balaban J connectivity index is 2.70. The minimum absolute atomic E-state index is 0.0834. The lowest BCUT2D eigenvalue weighted by atomic mass is 10.1. The van der Waals surface area contributed by atoms with E-state index in [1.165, 1.54) is 12.1 Å². The average Bonchev–Trinajstić information content (AvgIpc) is 2.30. The lowest BCUT2D eigenvalue weighted by Gasteiger charge is -2.13. The Labute approximate surface area is 97.5 Å². The highest BCUT2D eigenvalue weighted by atomic mass is 16.4. The van der Waals surface area contributed by atoms with E-state index in [2.05, 4.69) is 5.32 Å². The first-order valence-corrected chi connectivity index (χ1v) is 4.94. The molecule has 0 unspecified atom stereocenters. The van der Waals surface area contributed by atoms with Gasteiger partial charge in [0.15, 0.2) is 0 Å². The Hall–Kier alpha value is -2.08. The van der Waals surface area contributed by atoms with Crippen LogP contribution >= 0.6 is 0 Å². The first-order chi connectivity index (χ1) is 8.02. The van der Waals surface area contributed by atoms with Crippen molar-refractivity contribution < 1.29 is 24.9 Å². The lowest BCUT2D eigenvalue weighted by Crippen LogP contribution is -2.43. The van der Waals surface area contributed by atoms with Crippen molar-refractivity contribution in [1.29, 1.82) is 0 Å². The molecular formula is C11H13NO5. The Kier molecular flexibility index (Phi) is 4.47. The van der Waals surface area contributed by atoms with Gasteiger partial charge in [0.05, 0.1) is 0 Å². The van der Waals surface area contributed by atoms with Gasteiger partial charge in [0, 0.05) is 6.42 Å². The quantitative estimate of drug-likeness (QED) is 0.554. The monoisotopic (exact) mass is 239 g/mol. The van der Waals surface area contributed by atoms with E-state index in [9.17, 15) is 9.59 Å². The number of hydrogen-bond acceptors (Lipinski definition) is 4. The number of carboxylic acids is 1. The van der Waals surface area contributed by atoms with Gasteiger partial charge in [0.25, 0.3) is 0 Å². The van der Waals surface area contributed by atoms with Gasteiger partial charge in [-0.25, -0.2) is 4.79 Å². The van der Waals surface area contributed by atoms with Crippen LogP contribution in [0.2, 0.25) is 0 Å². The van der Waals surface area contributed by atoms with Crippen molar-refractivity contribution in [1.82, 2.24) is 5.32 Å². The molecule has 0 saturated carbocycles. The number of nitrogens with one attached hydrogen (secondary N) is 1. The SMILES string of the molecule is O=C(CO)N[C@H](Cc1ccc(O)cc1)C(=O)O. The number of benzene rings is 1. The third-order valence-corrected chi connectivity index (χ3v) is 2.15. The molecule has 1 atom stereocenters. The molecule has 0 aliphatic rings. The average molecular weight is 239 g/mol. The van der Waals surface area contributed by atoms with Gasteiger partial charge in [-0.1, -0.05) is 12.1 Å². The summed E-state index contributed by atoms with van der Waals surface area (Å²) in [6.45, 7) is -0.751. The van der Waals surface area contributed by atoms with Gasteiger partial charge in [-0.2, -0.15) is 0 Å². The molecule has 0 spiro atoms. The van der Waals surface area contributed by atoms with Gasteiger partial charge in [0.1, 0.15) is 18.4 Å². The summed E-state index contributed by atoms with van der Waals surface area (Å²) in [4.78, 5) is 21.8. The number of phenolic OH excluding ortho intramolecular Hbond substituents is 1. The molecule has 1 amide bonds. The lowest BCUT2D eigenvalue weighted by molar-refractivity contribution is -0.142. The molecule has 6 heteroatoms. The van der Waals surface area contributed by atoms with Gasteiger partial charge in [-0.05, 0) is 17.7 Å². The third-order valence-electron chi connectivity index (χ3n) is 2.15. The number of aliphatic hydroxyl groups excluding tert-OH is 1. The van der Waals surface area contributed by atoms with Crippen molar-refractivity contribution in [3.05, 3.63) is 29.8 Å². The number of aliphatic carboxylic acids is 1. The van der Waals surface area contributed by atoms with Crippen molar-refractivity contribution in [2.75, 3.05) is 6.61 Å². The Morgan fingerprint density at radius 3 is 2.29 bits per heavy atom. The van der Waals surface area contributed by atoms with Crippen molar-refractivity contribution >= 4 is 11.9 Å². The molecular weight excluding hydrogens is 226 g/mol. The number of hydrogen-bond donors (Lipinski definition) is 4. The predicted octanol–water partition coefficient (Wildman–Crippen LogP) is -0.504. The van der Waals surface area contributed by atoms with Gasteiger partial charge in [0.2, 0.25) is 5.91 Å². The summed E-state index contributed by atoms with van der Waals surface area (Å²) in [6, 6.07) is 4.90. The van der Waals surface area contributed by atoms with Crippen LogP contribution in [-0.4, -0.2) is 39.8 Å². The number of amides is 1. The number of carboxylic acid groups (broad SMARTS) is 1. The summed E-state index contributed by atoms with van der Waals surface area (Å²) in [5.74, 6) is -1.84. The Morgan fingerprint density at radius 2 is 1.82 bits per heavy atom. The van der Waals surface area contributed by atoms with Crippen LogP contribution in [0.5, 0.6) is 5.75 Å². The summed E-state index contributed by atoms with van der Waals surface area (Å²) in [6.07, 6.45) is 0.0847. The van der Waals surface area contributed by atoms with E-state index in [4.69, 9.17) is 15.3 Å². The standard InChI is InChI=1S/C11H13NO5/c13-6-10(15)12-9(11(16)17)5-7-1-3-8(14)4-2-7/h1-4,9,13-14H,5-6H2,(H,12,15)(H,16,17)/t9-/m1/s1. The summed E-state index contributed by atoms with van der Waals surface area (Å²) < 4.78 is 0. The van der Waals surface area contributed by atoms with Crippen LogP contribution in [0.3, 0.4) is 0 Å². The second kappa shape index (κ2) is 5.86. The van der Waals surface area contributed by atoms with E-state index in [1.807, 2.05) is 0 Å². The van der Waals surface area contributed by atoms with E-state index in [-0.39, 0.29) is 12.2 Å². The molecule has 1 aromatic rings. The number of rotatable bonds is 5. The second-order valence-electron chi connectivity index (χ2n) is 3.49. The maximum Gasteiger partial charge on any atom is 0.326 e. The molecule has 17 heavy (non-hydrogen) atoms. The molecule has 1 rings (SSSR count). The zero-order chi connectivity index (χ0) is 12.8. The molecule has 0 saturated heterocycles. The van der Waals surface area contributed by atoms with Crippen LogP contribution in [0.15, 0.2) is 24.3 Å². The van der Waals surface area contributed by atoms with Gasteiger partial charge in [-0.3, -0.25) is 4.79 Å². The molecule has 1 aromatic carbocycles. The van der Waals surface area contributed by atoms with Crippen molar-refractivity contribution in [2.24, 2.45) is 0 Å². The van der Waals surface area contributed by atoms with E-state index < -0.39 is 24.5 Å². The highest BCUT2D eigenvalue weighted by molar-refractivity contribution is 5.84.